The van der Waals surface area contributed by atoms with Gasteiger partial charge in [-0.3, -0.25) is 0 Å². The van der Waals surface area contributed by atoms with Gasteiger partial charge >= 0.3 is 0 Å². The van der Waals surface area contributed by atoms with Crippen LogP contribution in [-0.4, -0.2) is 60.8 Å². The van der Waals surface area contributed by atoms with E-state index in [4.69, 9.17) is 0 Å². The van der Waals surface area contributed by atoms with Gasteiger partial charge in [-0.15, -0.1) is 0 Å². The van der Waals surface area contributed by atoms with E-state index in [-0.39, 0.29) is 6.10 Å². The molecule has 0 aromatic heterocycles. The molecule has 0 bridgehead atoms. The van der Waals surface area contributed by atoms with Crippen LogP contribution in [0.4, 0.5) is 0 Å². The van der Waals surface area contributed by atoms with Crippen LogP contribution in [0.2, 0.25) is 0 Å². The summed E-state index contributed by atoms with van der Waals surface area (Å²) in [6, 6.07) is 0.727. The van der Waals surface area contributed by atoms with Gasteiger partial charge in [-0.25, -0.2) is 0 Å². The Hall–Kier alpha value is -0.120. The van der Waals surface area contributed by atoms with Gasteiger partial charge in [-0.2, -0.15) is 0 Å². The predicted molar refractivity (Wildman–Crippen MR) is 64.1 cm³/mol. The summed E-state index contributed by atoms with van der Waals surface area (Å²) >= 11 is 0. The molecule has 0 saturated carbocycles. The molecule has 0 aliphatic carbocycles. The first-order chi connectivity index (χ1) is 7.09. The highest BCUT2D eigenvalue weighted by Gasteiger charge is 2.20. The summed E-state index contributed by atoms with van der Waals surface area (Å²) in [5, 5.41) is 9.20. The van der Waals surface area contributed by atoms with Crippen LogP contribution < -0.4 is 0 Å². The van der Waals surface area contributed by atoms with E-state index in [0.717, 1.165) is 25.4 Å². The van der Waals surface area contributed by atoms with Gasteiger partial charge in [0.1, 0.15) is 0 Å². The average molecular weight is 214 g/mol. The van der Waals surface area contributed by atoms with Crippen molar-refractivity contribution in [2.24, 2.45) is 0 Å². The Balaban J connectivity index is 2.18. The molecule has 1 saturated heterocycles. The lowest BCUT2D eigenvalue weighted by Crippen LogP contribution is -2.45. The third-order valence-electron chi connectivity index (χ3n) is 3.31. The number of hydrogen-bond acceptors (Lipinski definition) is 3. The topological polar surface area (TPSA) is 26.7 Å². The van der Waals surface area contributed by atoms with Crippen molar-refractivity contribution in [3.63, 3.8) is 0 Å². The number of aliphatic hydroxyl groups is 1. The fourth-order valence-electron chi connectivity index (χ4n) is 2.27. The number of likely N-dealkylation sites (N-methyl/N-ethyl adjacent to an activating group) is 1. The molecule has 1 fully saturated rings. The first-order valence-corrected chi connectivity index (χ1v) is 6.16. The van der Waals surface area contributed by atoms with E-state index in [0.29, 0.717) is 0 Å². The summed E-state index contributed by atoms with van der Waals surface area (Å²) in [6.07, 6.45) is 4.57. The van der Waals surface area contributed by atoms with Crippen molar-refractivity contribution in [2.75, 3.05) is 33.7 Å². The highest BCUT2D eigenvalue weighted by molar-refractivity contribution is 4.77. The van der Waals surface area contributed by atoms with Crippen molar-refractivity contribution < 1.29 is 5.11 Å². The van der Waals surface area contributed by atoms with Gasteiger partial charge in [0.25, 0.3) is 0 Å². The molecular weight excluding hydrogens is 188 g/mol. The Morgan fingerprint density at radius 1 is 1.47 bits per heavy atom. The zero-order valence-electron chi connectivity index (χ0n) is 10.4. The van der Waals surface area contributed by atoms with Crippen LogP contribution in [0, 0.1) is 0 Å². The Morgan fingerprint density at radius 2 is 2.20 bits per heavy atom. The number of aliphatic hydroxyl groups excluding tert-OH is 1. The maximum atomic E-state index is 9.20. The van der Waals surface area contributed by atoms with Crippen LogP contribution in [0.15, 0.2) is 0 Å². The summed E-state index contributed by atoms with van der Waals surface area (Å²) in [6.45, 7) is 5.46. The minimum absolute atomic E-state index is 0.139. The van der Waals surface area contributed by atoms with Crippen molar-refractivity contribution in [1.82, 2.24) is 9.80 Å². The van der Waals surface area contributed by atoms with Crippen LogP contribution in [0.1, 0.15) is 32.6 Å². The number of rotatable bonds is 5. The molecule has 1 heterocycles. The molecule has 90 valence electrons. The standard InChI is InChI=1S/C12H26N2O/c1-11(15)6-4-8-14-9-5-7-12(10-14)13(2)3/h11-12,15H,4-10H2,1-3H3. The van der Waals surface area contributed by atoms with E-state index in [1.807, 2.05) is 6.92 Å². The molecule has 15 heavy (non-hydrogen) atoms. The zero-order valence-corrected chi connectivity index (χ0v) is 10.4. The summed E-state index contributed by atoms with van der Waals surface area (Å²) in [5.74, 6) is 0. The van der Waals surface area contributed by atoms with Crippen molar-refractivity contribution in [2.45, 2.75) is 44.8 Å². The van der Waals surface area contributed by atoms with Gasteiger partial charge in [-0.1, -0.05) is 0 Å². The Kier molecular flexibility index (Phi) is 5.58. The van der Waals surface area contributed by atoms with Gasteiger partial charge in [0.05, 0.1) is 6.10 Å². The largest absolute Gasteiger partial charge is 0.393 e. The second kappa shape index (κ2) is 6.46. The molecule has 0 aromatic carbocycles. The van der Waals surface area contributed by atoms with Crippen molar-refractivity contribution in [3.05, 3.63) is 0 Å². The summed E-state index contributed by atoms with van der Waals surface area (Å²) in [7, 11) is 4.34. The lowest BCUT2D eigenvalue weighted by Gasteiger charge is -2.36. The number of nitrogens with zero attached hydrogens (tertiary/aromatic N) is 2. The van der Waals surface area contributed by atoms with E-state index < -0.39 is 0 Å². The summed E-state index contributed by atoms with van der Waals surface area (Å²) < 4.78 is 0. The van der Waals surface area contributed by atoms with E-state index in [1.54, 1.807) is 0 Å². The maximum Gasteiger partial charge on any atom is 0.0512 e. The molecule has 2 atom stereocenters. The van der Waals surface area contributed by atoms with E-state index in [1.165, 1.54) is 25.9 Å². The highest BCUT2D eigenvalue weighted by Crippen LogP contribution is 2.14. The molecular formula is C12H26N2O. The molecule has 0 amide bonds. The normalized spacial score (nSPS) is 25.8. The summed E-state index contributed by atoms with van der Waals surface area (Å²) in [4.78, 5) is 4.87. The van der Waals surface area contributed by atoms with Gasteiger partial charge < -0.3 is 14.9 Å². The van der Waals surface area contributed by atoms with Crippen molar-refractivity contribution >= 4 is 0 Å². The van der Waals surface area contributed by atoms with Crippen LogP contribution in [0.3, 0.4) is 0 Å². The molecule has 2 unspecified atom stereocenters. The van der Waals surface area contributed by atoms with Crippen LogP contribution in [0.5, 0.6) is 0 Å². The monoisotopic (exact) mass is 214 g/mol. The van der Waals surface area contributed by atoms with E-state index >= 15 is 0 Å². The highest BCUT2D eigenvalue weighted by atomic mass is 16.3. The minimum atomic E-state index is -0.139. The number of likely N-dealkylation sites (tertiary alicyclic amines) is 1. The SMILES string of the molecule is CC(O)CCCN1CCCC(N(C)C)C1. The Morgan fingerprint density at radius 3 is 2.80 bits per heavy atom. The molecule has 3 heteroatoms. The van der Waals surface area contributed by atoms with Gasteiger partial charge in [0.2, 0.25) is 0 Å². The first-order valence-electron chi connectivity index (χ1n) is 6.16. The molecule has 3 nitrogen and oxygen atoms in total. The lowest BCUT2D eigenvalue weighted by atomic mass is 10.0. The fraction of sp³-hybridized carbons (Fsp3) is 1.00. The predicted octanol–water partition coefficient (Wildman–Crippen LogP) is 1.17. The van der Waals surface area contributed by atoms with E-state index in [2.05, 4.69) is 23.9 Å². The fourth-order valence-corrected chi connectivity index (χ4v) is 2.27. The van der Waals surface area contributed by atoms with Crippen molar-refractivity contribution in [3.8, 4) is 0 Å². The molecule has 1 aliphatic rings. The van der Waals surface area contributed by atoms with Gasteiger partial charge in [0, 0.05) is 12.6 Å². The van der Waals surface area contributed by atoms with Gasteiger partial charge in [-0.05, 0) is 59.8 Å². The van der Waals surface area contributed by atoms with Crippen molar-refractivity contribution in [1.29, 1.82) is 0 Å². The van der Waals surface area contributed by atoms with E-state index in [9.17, 15) is 5.11 Å². The molecule has 0 aromatic rings. The van der Waals surface area contributed by atoms with Crippen LogP contribution in [0.25, 0.3) is 0 Å². The summed E-state index contributed by atoms with van der Waals surface area (Å²) in [5.41, 5.74) is 0. The number of hydrogen-bond donors (Lipinski definition) is 1. The van der Waals surface area contributed by atoms with Crippen LogP contribution >= 0.6 is 0 Å². The third-order valence-corrected chi connectivity index (χ3v) is 3.31. The zero-order chi connectivity index (χ0) is 11.3. The Labute approximate surface area is 94.1 Å². The smallest absolute Gasteiger partial charge is 0.0512 e. The molecule has 1 N–H and O–H groups in total. The Bertz CT molecular complexity index is 171. The molecule has 0 spiro atoms. The first kappa shape index (κ1) is 12.9. The van der Waals surface area contributed by atoms with Crippen LogP contribution in [-0.2, 0) is 0 Å². The second-order valence-corrected chi connectivity index (χ2v) is 5.05. The quantitative estimate of drug-likeness (QED) is 0.744. The molecule has 1 aliphatic heterocycles. The molecule has 1 rings (SSSR count). The molecule has 0 radical (unpaired) electrons. The second-order valence-electron chi connectivity index (χ2n) is 5.05. The average Bonchev–Trinajstić information content (AvgIpc) is 2.17. The minimum Gasteiger partial charge on any atom is -0.393 e. The van der Waals surface area contributed by atoms with Gasteiger partial charge in [0.15, 0.2) is 0 Å². The lowest BCUT2D eigenvalue weighted by molar-refractivity contribution is 0.122. The third kappa shape index (κ3) is 4.96. The maximum absolute atomic E-state index is 9.20. The number of piperidine rings is 1.